The van der Waals surface area contributed by atoms with E-state index in [-0.39, 0.29) is 18.4 Å². The summed E-state index contributed by atoms with van der Waals surface area (Å²) in [4.78, 5) is 17.2. The molecule has 1 aromatic heterocycles. The van der Waals surface area contributed by atoms with Crippen LogP contribution in [0.15, 0.2) is 47.8 Å². The molecular formula is C22H22N2O4S. The van der Waals surface area contributed by atoms with Crippen LogP contribution in [-0.2, 0) is 11.2 Å². The van der Waals surface area contributed by atoms with Gasteiger partial charge in [-0.05, 0) is 24.3 Å². The first-order chi connectivity index (χ1) is 14.2. The number of thiazole rings is 1. The van der Waals surface area contributed by atoms with E-state index in [1.165, 1.54) is 11.3 Å². The van der Waals surface area contributed by atoms with Gasteiger partial charge in [-0.2, -0.15) is 0 Å². The van der Waals surface area contributed by atoms with Crippen LogP contribution in [-0.4, -0.2) is 31.7 Å². The molecule has 1 amide bonds. The number of hydrogen-bond acceptors (Lipinski definition) is 6. The van der Waals surface area contributed by atoms with Crippen LogP contribution in [0, 0.1) is 0 Å². The molecule has 7 heteroatoms. The van der Waals surface area contributed by atoms with E-state index in [4.69, 9.17) is 14.2 Å². The zero-order chi connectivity index (χ0) is 20.2. The number of fused-ring (bicyclic) bond motifs is 1. The van der Waals surface area contributed by atoms with E-state index >= 15 is 0 Å². The van der Waals surface area contributed by atoms with Crippen molar-refractivity contribution in [2.45, 2.75) is 18.9 Å². The molecule has 3 aromatic rings. The third-order valence-electron chi connectivity index (χ3n) is 4.82. The summed E-state index contributed by atoms with van der Waals surface area (Å²) in [6, 6.07) is 13.5. The lowest BCUT2D eigenvalue weighted by Crippen LogP contribution is -2.33. The van der Waals surface area contributed by atoms with Crippen molar-refractivity contribution in [2.24, 2.45) is 0 Å². The molecular weight excluding hydrogens is 388 g/mol. The lowest BCUT2D eigenvalue weighted by atomic mass is 10.0. The number of ether oxygens (including phenoxy) is 3. The second-order valence-corrected chi connectivity index (χ2v) is 7.54. The molecule has 2 aromatic carbocycles. The number of para-hydroxylation sites is 1. The molecule has 1 unspecified atom stereocenters. The maximum Gasteiger partial charge on any atom is 0.226 e. The highest BCUT2D eigenvalue weighted by Gasteiger charge is 2.23. The van der Waals surface area contributed by atoms with Crippen LogP contribution in [0.5, 0.6) is 17.2 Å². The number of amides is 1. The zero-order valence-electron chi connectivity index (χ0n) is 16.3. The Morgan fingerprint density at radius 3 is 2.86 bits per heavy atom. The monoisotopic (exact) mass is 410 g/mol. The van der Waals surface area contributed by atoms with Crippen molar-refractivity contribution in [3.05, 3.63) is 59.1 Å². The number of carbonyl (C=O) groups excluding carboxylic acids is 1. The quantitative estimate of drug-likeness (QED) is 0.665. The summed E-state index contributed by atoms with van der Waals surface area (Å²) in [5.41, 5.74) is 2.70. The van der Waals surface area contributed by atoms with Gasteiger partial charge in [0.05, 0.1) is 39.0 Å². The molecule has 2 heterocycles. The molecule has 1 aliphatic heterocycles. The van der Waals surface area contributed by atoms with Crippen molar-refractivity contribution in [1.29, 1.82) is 0 Å². The topological polar surface area (TPSA) is 69.7 Å². The predicted octanol–water partition coefficient (Wildman–Crippen LogP) is 4.01. The molecule has 0 spiro atoms. The second-order valence-electron chi connectivity index (χ2n) is 6.69. The zero-order valence-corrected chi connectivity index (χ0v) is 17.1. The van der Waals surface area contributed by atoms with Crippen molar-refractivity contribution < 1.29 is 19.0 Å². The van der Waals surface area contributed by atoms with Crippen LogP contribution < -0.4 is 19.5 Å². The standard InChI is InChI=1S/C22H22N2O4S/c1-26-19-8-7-14(11-20(19)27-2)22-23-15(13-29-22)12-21(25)24-17-9-10-28-18-6-4-3-5-16(17)18/h3-8,11,13,17H,9-10,12H2,1-2H3,(H,24,25). The fraction of sp³-hybridized carbons (Fsp3) is 0.273. The van der Waals surface area contributed by atoms with E-state index in [1.807, 2.05) is 47.8 Å². The van der Waals surface area contributed by atoms with Crippen LogP contribution in [0.25, 0.3) is 10.6 Å². The van der Waals surface area contributed by atoms with Crippen LogP contribution in [0.4, 0.5) is 0 Å². The molecule has 0 radical (unpaired) electrons. The molecule has 0 saturated heterocycles. The van der Waals surface area contributed by atoms with Gasteiger partial charge in [0.25, 0.3) is 0 Å². The molecule has 0 aliphatic carbocycles. The molecule has 4 rings (SSSR count). The summed E-state index contributed by atoms with van der Waals surface area (Å²) in [6.45, 7) is 0.599. The third kappa shape index (κ3) is 4.19. The summed E-state index contributed by atoms with van der Waals surface area (Å²) < 4.78 is 16.3. The fourth-order valence-corrected chi connectivity index (χ4v) is 4.21. The Morgan fingerprint density at radius 2 is 2.03 bits per heavy atom. The van der Waals surface area contributed by atoms with Crippen molar-refractivity contribution >= 4 is 17.2 Å². The average Bonchev–Trinajstić information content (AvgIpc) is 3.21. The van der Waals surface area contributed by atoms with Crippen molar-refractivity contribution in [1.82, 2.24) is 10.3 Å². The number of benzene rings is 2. The SMILES string of the molecule is COc1ccc(-c2nc(CC(=O)NC3CCOc4ccccc43)cs2)cc1OC. The van der Waals surface area contributed by atoms with Gasteiger partial charge in [-0.3, -0.25) is 4.79 Å². The summed E-state index contributed by atoms with van der Waals surface area (Å²) in [6.07, 6.45) is 1.00. The van der Waals surface area contributed by atoms with Gasteiger partial charge >= 0.3 is 0 Å². The van der Waals surface area contributed by atoms with Crippen LogP contribution in [0.2, 0.25) is 0 Å². The molecule has 6 nitrogen and oxygen atoms in total. The average molecular weight is 410 g/mol. The number of hydrogen-bond donors (Lipinski definition) is 1. The third-order valence-corrected chi connectivity index (χ3v) is 5.76. The number of rotatable bonds is 6. The second kappa shape index (κ2) is 8.53. The largest absolute Gasteiger partial charge is 0.493 e. The lowest BCUT2D eigenvalue weighted by molar-refractivity contribution is -0.121. The minimum Gasteiger partial charge on any atom is -0.493 e. The van der Waals surface area contributed by atoms with Gasteiger partial charge in [0.15, 0.2) is 11.5 Å². The highest BCUT2D eigenvalue weighted by molar-refractivity contribution is 7.13. The molecule has 0 fully saturated rings. The highest BCUT2D eigenvalue weighted by Crippen LogP contribution is 2.34. The molecule has 0 saturated carbocycles. The van der Waals surface area contributed by atoms with E-state index in [1.54, 1.807) is 14.2 Å². The van der Waals surface area contributed by atoms with Gasteiger partial charge in [0.2, 0.25) is 5.91 Å². The smallest absolute Gasteiger partial charge is 0.226 e. The Labute approximate surface area is 173 Å². The number of methoxy groups -OCH3 is 2. The molecule has 150 valence electrons. The first kappa shape index (κ1) is 19.3. The Hall–Kier alpha value is -3.06. The first-order valence-electron chi connectivity index (χ1n) is 9.36. The fourth-order valence-electron chi connectivity index (χ4n) is 3.39. The predicted molar refractivity (Wildman–Crippen MR) is 112 cm³/mol. The summed E-state index contributed by atoms with van der Waals surface area (Å²) in [5, 5.41) is 5.87. The lowest BCUT2D eigenvalue weighted by Gasteiger charge is -2.26. The molecule has 1 N–H and O–H groups in total. The number of aromatic nitrogens is 1. The Kier molecular flexibility index (Phi) is 5.67. The summed E-state index contributed by atoms with van der Waals surface area (Å²) >= 11 is 1.50. The normalized spacial score (nSPS) is 15.2. The van der Waals surface area contributed by atoms with Crippen molar-refractivity contribution in [3.8, 4) is 27.8 Å². The molecule has 0 bridgehead atoms. The van der Waals surface area contributed by atoms with E-state index in [2.05, 4.69) is 10.3 Å². The van der Waals surface area contributed by atoms with E-state index < -0.39 is 0 Å². The Balaban J connectivity index is 1.44. The number of nitrogens with one attached hydrogen (secondary N) is 1. The van der Waals surface area contributed by atoms with Crippen molar-refractivity contribution in [2.75, 3.05) is 20.8 Å². The van der Waals surface area contributed by atoms with Gasteiger partial charge in [-0.25, -0.2) is 4.98 Å². The Morgan fingerprint density at radius 1 is 1.21 bits per heavy atom. The Bertz CT molecular complexity index is 1020. The summed E-state index contributed by atoms with van der Waals surface area (Å²) in [5.74, 6) is 2.12. The number of nitrogens with zero attached hydrogens (tertiary/aromatic N) is 1. The van der Waals surface area contributed by atoms with Gasteiger partial charge in [-0.15, -0.1) is 11.3 Å². The number of carbonyl (C=O) groups is 1. The van der Waals surface area contributed by atoms with Crippen LogP contribution in [0.1, 0.15) is 23.7 Å². The molecule has 1 aliphatic rings. The van der Waals surface area contributed by atoms with Crippen LogP contribution in [0.3, 0.4) is 0 Å². The molecule has 1 atom stereocenters. The first-order valence-corrected chi connectivity index (χ1v) is 10.2. The van der Waals surface area contributed by atoms with E-state index in [9.17, 15) is 4.79 Å². The molecule has 29 heavy (non-hydrogen) atoms. The van der Waals surface area contributed by atoms with Crippen LogP contribution >= 0.6 is 11.3 Å². The minimum absolute atomic E-state index is 0.0311. The van der Waals surface area contributed by atoms with E-state index in [0.717, 1.165) is 34.0 Å². The maximum absolute atomic E-state index is 12.6. The van der Waals surface area contributed by atoms with Crippen molar-refractivity contribution in [3.63, 3.8) is 0 Å². The highest BCUT2D eigenvalue weighted by atomic mass is 32.1. The van der Waals surface area contributed by atoms with Gasteiger partial charge in [0, 0.05) is 22.9 Å². The van der Waals surface area contributed by atoms with Gasteiger partial charge < -0.3 is 19.5 Å². The summed E-state index contributed by atoms with van der Waals surface area (Å²) in [7, 11) is 3.21. The maximum atomic E-state index is 12.6. The van der Waals surface area contributed by atoms with Gasteiger partial charge in [-0.1, -0.05) is 18.2 Å². The minimum atomic E-state index is -0.0455. The van der Waals surface area contributed by atoms with E-state index in [0.29, 0.717) is 18.1 Å². The van der Waals surface area contributed by atoms with Gasteiger partial charge in [0.1, 0.15) is 10.8 Å².